The van der Waals surface area contributed by atoms with Crippen LogP contribution in [0.15, 0.2) is 100 Å². The van der Waals surface area contributed by atoms with Gasteiger partial charge in [-0.15, -0.1) is 11.8 Å². The summed E-state index contributed by atoms with van der Waals surface area (Å²) in [6.45, 7) is 0. The molecule has 0 nitrogen and oxygen atoms in total. The zero-order valence-electron chi connectivity index (χ0n) is 15.2. The number of thioether (sulfide) groups is 1. The van der Waals surface area contributed by atoms with Gasteiger partial charge in [0.05, 0.1) is 5.41 Å². The summed E-state index contributed by atoms with van der Waals surface area (Å²) < 4.78 is 1.13. The smallest absolute Gasteiger partial charge is 0.0727 e. The van der Waals surface area contributed by atoms with Crippen LogP contribution in [0.4, 0.5) is 0 Å². The molecule has 0 fully saturated rings. The van der Waals surface area contributed by atoms with Crippen LogP contribution in [0.25, 0.3) is 11.1 Å². The van der Waals surface area contributed by atoms with Crippen molar-refractivity contribution < 1.29 is 0 Å². The first kappa shape index (κ1) is 16.6. The van der Waals surface area contributed by atoms with Crippen molar-refractivity contribution in [2.75, 3.05) is 0 Å². The van der Waals surface area contributed by atoms with Crippen LogP contribution in [0.5, 0.6) is 0 Å². The molecule has 2 aliphatic rings. The average molecular weight is 441 g/mol. The predicted octanol–water partition coefficient (Wildman–Crippen LogP) is 7.42. The highest BCUT2D eigenvalue weighted by atomic mass is 79.9. The van der Waals surface area contributed by atoms with E-state index >= 15 is 0 Å². The zero-order chi connectivity index (χ0) is 18.7. The van der Waals surface area contributed by atoms with Gasteiger partial charge in [0.25, 0.3) is 0 Å². The van der Waals surface area contributed by atoms with E-state index in [1.165, 1.54) is 43.8 Å². The molecular weight excluding hydrogens is 424 g/mol. The van der Waals surface area contributed by atoms with Gasteiger partial charge in [0, 0.05) is 15.1 Å². The Morgan fingerprint density at radius 3 is 2.21 bits per heavy atom. The molecule has 1 unspecified atom stereocenters. The standard InChI is InChI=1S/C26H17BrS/c27-18-13-14-23-20(15-18)19-8-2-4-10-22(19)26(23)21-9-3-1-7-17(21)16-28-25-12-6-5-11-24(25)26/h1-15H,16H2. The van der Waals surface area contributed by atoms with Crippen LogP contribution >= 0.6 is 27.7 Å². The molecule has 6 rings (SSSR count). The van der Waals surface area contributed by atoms with Crippen molar-refractivity contribution in [1.82, 2.24) is 0 Å². The lowest BCUT2D eigenvalue weighted by Gasteiger charge is -2.34. The topological polar surface area (TPSA) is 0 Å². The van der Waals surface area contributed by atoms with E-state index < -0.39 is 0 Å². The minimum Gasteiger partial charge on any atom is -0.121 e. The average Bonchev–Trinajstić information content (AvgIpc) is 2.93. The van der Waals surface area contributed by atoms with E-state index in [2.05, 4.69) is 107 Å². The first-order valence-electron chi connectivity index (χ1n) is 9.51. The van der Waals surface area contributed by atoms with Crippen LogP contribution in [0, 0.1) is 0 Å². The summed E-state index contributed by atoms with van der Waals surface area (Å²) in [5, 5.41) is 0. The molecule has 4 aromatic carbocycles. The summed E-state index contributed by atoms with van der Waals surface area (Å²) in [6.07, 6.45) is 0. The molecule has 1 aliphatic heterocycles. The molecule has 0 amide bonds. The van der Waals surface area contributed by atoms with Gasteiger partial charge in [0.1, 0.15) is 0 Å². The quantitative estimate of drug-likeness (QED) is 0.241. The van der Waals surface area contributed by atoms with E-state index in [-0.39, 0.29) is 5.41 Å². The van der Waals surface area contributed by atoms with Crippen LogP contribution in [0.3, 0.4) is 0 Å². The summed E-state index contributed by atoms with van der Waals surface area (Å²) in [4.78, 5) is 1.38. The molecule has 1 aliphatic carbocycles. The molecule has 1 atom stereocenters. The van der Waals surface area contributed by atoms with Crippen molar-refractivity contribution in [2.45, 2.75) is 16.1 Å². The number of fused-ring (bicyclic) bond motifs is 9. The fraction of sp³-hybridized carbons (Fsp3) is 0.0769. The second-order valence-corrected chi connectivity index (χ2v) is 9.36. The Kier molecular flexibility index (Phi) is 3.63. The third-order valence-electron chi connectivity index (χ3n) is 6.10. The van der Waals surface area contributed by atoms with Gasteiger partial charge < -0.3 is 0 Å². The van der Waals surface area contributed by atoms with Gasteiger partial charge in [0.2, 0.25) is 0 Å². The summed E-state index contributed by atoms with van der Waals surface area (Å²) in [6, 6.07) is 33.7. The highest BCUT2D eigenvalue weighted by Gasteiger charge is 2.48. The highest BCUT2D eigenvalue weighted by Crippen LogP contribution is 2.59. The maximum atomic E-state index is 3.70. The first-order chi connectivity index (χ1) is 13.8. The van der Waals surface area contributed by atoms with Crippen molar-refractivity contribution >= 4 is 27.7 Å². The summed E-state index contributed by atoms with van der Waals surface area (Å²) in [5.74, 6) is 1.00. The zero-order valence-corrected chi connectivity index (χ0v) is 17.6. The fourth-order valence-electron chi connectivity index (χ4n) is 5.05. The molecular formula is C26H17BrS. The molecule has 134 valence electrons. The Morgan fingerprint density at radius 1 is 0.643 bits per heavy atom. The van der Waals surface area contributed by atoms with Crippen molar-refractivity contribution in [3.05, 3.63) is 123 Å². The highest BCUT2D eigenvalue weighted by molar-refractivity contribution is 9.10. The van der Waals surface area contributed by atoms with Gasteiger partial charge in [-0.3, -0.25) is 0 Å². The molecule has 0 N–H and O–H groups in total. The van der Waals surface area contributed by atoms with Crippen LogP contribution < -0.4 is 0 Å². The lowest BCUT2D eigenvalue weighted by molar-refractivity contribution is 0.746. The largest absolute Gasteiger partial charge is 0.121 e. The molecule has 2 heteroatoms. The number of hydrogen-bond donors (Lipinski definition) is 0. The third kappa shape index (κ3) is 2.08. The maximum Gasteiger partial charge on any atom is 0.0727 e. The fourth-order valence-corrected chi connectivity index (χ4v) is 6.53. The van der Waals surface area contributed by atoms with Crippen molar-refractivity contribution in [1.29, 1.82) is 0 Å². The van der Waals surface area contributed by atoms with Crippen molar-refractivity contribution in [3.8, 4) is 11.1 Å². The Morgan fingerprint density at radius 2 is 1.32 bits per heavy atom. The molecule has 1 heterocycles. The SMILES string of the molecule is Brc1ccc2c(c1)-c1ccccc1C21c2ccccc2CSc2ccccc21. The molecule has 0 radical (unpaired) electrons. The van der Waals surface area contributed by atoms with Crippen LogP contribution in [-0.4, -0.2) is 0 Å². The molecule has 0 aromatic heterocycles. The predicted molar refractivity (Wildman–Crippen MR) is 121 cm³/mol. The third-order valence-corrected chi connectivity index (χ3v) is 7.72. The van der Waals surface area contributed by atoms with E-state index in [4.69, 9.17) is 0 Å². The minimum atomic E-state index is -0.261. The molecule has 0 saturated heterocycles. The summed E-state index contributed by atoms with van der Waals surface area (Å²) in [5.41, 5.74) is 9.44. The van der Waals surface area contributed by atoms with Crippen LogP contribution in [0.2, 0.25) is 0 Å². The number of benzene rings is 4. The minimum absolute atomic E-state index is 0.261. The molecule has 28 heavy (non-hydrogen) atoms. The number of halogens is 1. The lowest BCUT2D eigenvalue weighted by atomic mass is 9.66. The molecule has 4 aromatic rings. The van der Waals surface area contributed by atoms with E-state index in [0.717, 1.165) is 10.2 Å². The van der Waals surface area contributed by atoms with Crippen molar-refractivity contribution in [2.24, 2.45) is 0 Å². The van der Waals surface area contributed by atoms with Gasteiger partial charge in [-0.05, 0) is 57.1 Å². The van der Waals surface area contributed by atoms with E-state index in [0.29, 0.717) is 0 Å². The normalized spacial score (nSPS) is 18.8. The Hall–Kier alpha value is -2.29. The van der Waals surface area contributed by atoms with Crippen molar-refractivity contribution in [3.63, 3.8) is 0 Å². The second-order valence-electron chi connectivity index (χ2n) is 7.43. The monoisotopic (exact) mass is 440 g/mol. The number of hydrogen-bond acceptors (Lipinski definition) is 1. The molecule has 1 spiro atoms. The van der Waals surface area contributed by atoms with Gasteiger partial charge >= 0.3 is 0 Å². The Bertz CT molecular complexity index is 1190. The van der Waals surface area contributed by atoms with E-state index in [1.54, 1.807) is 0 Å². The van der Waals surface area contributed by atoms with E-state index in [1.807, 2.05) is 11.8 Å². The van der Waals surface area contributed by atoms with Gasteiger partial charge in [-0.2, -0.15) is 0 Å². The summed E-state index contributed by atoms with van der Waals surface area (Å²) >= 11 is 5.66. The lowest BCUT2D eigenvalue weighted by Crippen LogP contribution is -2.29. The van der Waals surface area contributed by atoms with Gasteiger partial charge in [-0.25, -0.2) is 0 Å². The first-order valence-corrected chi connectivity index (χ1v) is 11.3. The van der Waals surface area contributed by atoms with Crippen LogP contribution in [-0.2, 0) is 11.2 Å². The summed E-state index contributed by atoms with van der Waals surface area (Å²) in [7, 11) is 0. The number of rotatable bonds is 0. The van der Waals surface area contributed by atoms with Gasteiger partial charge in [-0.1, -0.05) is 88.7 Å². The second kappa shape index (κ2) is 6.10. The Labute approximate surface area is 177 Å². The maximum absolute atomic E-state index is 3.70. The Balaban J connectivity index is 1.86. The van der Waals surface area contributed by atoms with Crippen LogP contribution in [0.1, 0.15) is 27.8 Å². The molecule has 0 bridgehead atoms. The van der Waals surface area contributed by atoms with Gasteiger partial charge in [0.15, 0.2) is 0 Å². The molecule has 0 saturated carbocycles. The van der Waals surface area contributed by atoms with E-state index in [9.17, 15) is 0 Å².